The van der Waals surface area contributed by atoms with Crippen LogP contribution in [0.15, 0.2) is 60.7 Å². The molecule has 246 valence electrons. The smallest absolute Gasteiger partial charge is 0.464 e. The number of para-hydroxylation sites is 1. The monoisotopic (exact) mass is 655 g/mol. The van der Waals surface area contributed by atoms with Crippen LogP contribution in [0, 0.1) is 35.0 Å². The number of halogens is 5. The van der Waals surface area contributed by atoms with E-state index >= 15 is 0 Å². The SMILES string of the molecule is CCCCCC(CCCCC)COC(=O)[C@H](Cc1ccccc1)NP(=O)(Oc1ccccc1)Oc1c(F)c(F)c(F)c(F)c1F. The lowest BCUT2D eigenvalue weighted by Gasteiger charge is -2.26. The molecular weight excluding hydrogens is 616 g/mol. The van der Waals surface area contributed by atoms with Crippen molar-refractivity contribution in [1.29, 1.82) is 0 Å². The number of hydrogen-bond acceptors (Lipinski definition) is 5. The molecule has 45 heavy (non-hydrogen) atoms. The maximum atomic E-state index is 14.6. The lowest BCUT2D eigenvalue weighted by atomic mass is 9.96. The van der Waals surface area contributed by atoms with Crippen LogP contribution in [0.1, 0.15) is 70.8 Å². The molecule has 3 aromatic carbocycles. The number of hydrogen-bond donors (Lipinski definition) is 1. The predicted molar refractivity (Wildman–Crippen MR) is 161 cm³/mol. The van der Waals surface area contributed by atoms with Crippen molar-refractivity contribution >= 4 is 13.7 Å². The number of carbonyl (C=O) groups is 1. The molecule has 0 aliphatic carbocycles. The molecule has 0 radical (unpaired) electrons. The lowest BCUT2D eigenvalue weighted by Crippen LogP contribution is -2.40. The van der Waals surface area contributed by atoms with E-state index in [4.69, 9.17) is 13.8 Å². The molecule has 0 aliphatic heterocycles. The second-order valence-corrected chi connectivity index (χ2v) is 12.4. The summed E-state index contributed by atoms with van der Waals surface area (Å²) in [6.45, 7) is 4.27. The Labute approximate surface area is 260 Å². The molecule has 3 rings (SSSR count). The van der Waals surface area contributed by atoms with Gasteiger partial charge < -0.3 is 13.8 Å². The molecule has 0 aromatic heterocycles. The highest BCUT2D eigenvalue weighted by molar-refractivity contribution is 7.52. The fourth-order valence-corrected chi connectivity index (χ4v) is 6.20. The summed E-state index contributed by atoms with van der Waals surface area (Å²) in [5.41, 5.74) is 0.594. The summed E-state index contributed by atoms with van der Waals surface area (Å²) < 4.78 is 101. The first-order valence-electron chi connectivity index (χ1n) is 15.1. The van der Waals surface area contributed by atoms with Crippen LogP contribution in [0.5, 0.6) is 11.5 Å². The van der Waals surface area contributed by atoms with Crippen molar-refractivity contribution in [1.82, 2.24) is 5.09 Å². The Bertz CT molecular complexity index is 1370. The van der Waals surface area contributed by atoms with Crippen molar-refractivity contribution in [2.24, 2.45) is 5.92 Å². The van der Waals surface area contributed by atoms with Gasteiger partial charge in [-0.25, -0.2) is 17.7 Å². The summed E-state index contributed by atoms with van der Waals surface area (Å²) in [5.74, 6) is -14.4. The standard InChI is InChI=1S/C33H39F5NO5P/c1-3-5-9-17-24(18-10-6-4-2)22-42-33(40)26(21-23-15-11-7-12-16-23)39-45(41,43-25-19-13-8-14-20-25)44-32-30(37)28(35)27(34)29(36)31(32)38/h7-8,11-16,19-20,24,26H,3-6,9-10,17-18,21-22H2,1-2H3,(H,39,41)/t26-,45?/m0/s1. The zero-order chi connectivity index (χ0) is 32.8. The fraction of sp³-hybridized carbons (Fsp3) is 0.424. The van der Waals surface area contributed by atoms with E-state index in [0.717, 1.165) is 51.4 Å². The van der Waals surface area contributed by atoms with E-state index in [-0.39, 0.29) is 24.7 Å². The molecule has 1 N–H and O–H groups in total. The topological polar surface area (TPSA) is 73.9 Å². The second kappa shape index (κ2) is 17.9. The van der Waals surface area contributed by atoms with Gasteiger partial charge in [0.05, 0.1) is 6.61 Å². The predicted octanol–water partition coefficient (Wildman–Crippen LogP) is 9.47. The third-order valence-corrected chi connectivity index (χ3v) is 8.63. The first-order valence-corrected chi connectivity index (χ1v) is 16.7. The number of rotatable bonds is 19. The fourth-order valence-electron chi connectivity index (χ4n) is 4.68. The van der Waals surface area contributed by atoms with Crippen LogP contribution in [0.4, 0.5) is 22.0 Å². The van der Waals surface area contributed by atoms with Crippen molar-refractivity contribution in [3.05, 3.63) is 95.3 Å². The van der Waals surface area contributed by atoms with Gasteiger partial charge in [-0.05, 0) is 42.9 Å². The molecule has 2 atom stereocenters. The summed E-state index contributed by atoms with van der Waals surface area (Å²) in [4.78, 5) is 13.5. The lowest BCUT2D eigenvalue weighted by molar-refractivity contribution is -0.147. The van der Waals surface area contributed by atoms with Crippen LogP contribution < -0.4 is 14.1 Å². The number of nitrogens with one attached hydrogen (secondary N) is 1. The Hall–Kier alpha value is -3.43. The quantitative estimate of drug-likeness (QED) is 0.0346. The van der Waals surface area contributed by atoms with E-state index in [1.807, 2.05) is 0 Å². The minimum Gasteiger partial charge on any atom is -0.464 e. The van der Waals surface area contributed by atoms with Gasteiger partial charge in [0.25, 0.3) is 0 Å². The number of carbonyl (C=O) groups excluding carboxylic acids is 1. The number of esters is 1. The van der Waals surface area contributed by atoms with Crippen LogP contribution in [0.25, 0.3) is 0 Å². The number of unbranched alkanes of at least 4 members (excludes halogenated alkanes) is 4. The zero-order valence-corrected chi connectivity index (χ0v) is 26.3. The largest absolute Gasteiger partial charge is 0.513 e. The van der Waals surface area contributed by atoms with Gasteiger partial charge in [0.15, 0.2) is 0 Å². The van der Waals surface area contributed by atoms with Gasteiger partial charge in [-0.2, -0.15) is 13.9 Å². The van der Waals surface area contributed by atoms with Crippen molar-refractivity contribution in [3.63, 3.8) is 0 Å². The molecule has 3 aromatic rings. The van der Waals surface area contributed by atoms with E-state index in [0.29, 0.717) is 5.56 Å². The molecule has 0 heterocycles. The Balaban J connectivity index is 1.94. The van der Waals surface area contributed by atoms with Gasteiger partial charge in [0.2, 0.25) is 34.8 Å². The van der Waals surface area contributed by atoms with E-state index in [9.17, 15) is 31.3 Å². The highest BCUT2D eigenvalue weighted by Crippen LogP contribution is 2.48. The van der Waals surface area contributed by atoms with Gasteiger partial charge in [-0.1, -0.05) is 101 Å². The van der Waals surface area contributed by atoms with E-state index in [2.05, 4.69) is 18.9 Å². The minimum atomic E-state index is -5.10. The van der Waals surface area contributed by atoms with Crippen LogP contribution in [0.3, 0.4) is 0 Å². The average Bonchev–Trinajstić information content (AvgIpc) is 3.04. The normalized spacial score (nSPS) is 13.3. The molecule has 1 unspecified atom stereocenters. The summed E-state index contributed by atoms with van der Waals surface area (Å²) >= 11 is 0. The molecule has 0 bridgehead atoms. The molecule has 12 heteroatoms. The maximum Gasteiger partial charge on any atom is 0.513 e. The molecule has 0 saturated carbocycles. The summed E-state index contributed by atoms with van der Waals surface area (Å²) in [7, 11) is -5.10. The van der Waals surface area contributed by atoms with E-state index < -0.39 is 54.6 Å². The van der Waals surface area contributed by atoms with Crippen molar-refractivity contribution in [3.8, 4) is 11.5 Å². The van der Waals surface area contributed by atoms with Gasteiger partial charge in [0, 0.05) is 0 Å². The minimum absolute atomic E-state index is 0.0846. The first-order chi connectivity index (χ1) is 21.6. The Morgan fingerprint density at radius 3 is 1.78 bits per heavy atom. The van der Waals surface area contributed by atoms with Crippen LogP contribution in [-0.2, 0) is 20.5 Å². The molecule has 0 spiro atoms. The highest BCUT2D eigenvalue weighted by atomic mass is 31.2. The van der Waals surface area contributed by atoms with Gasteiger partial charge in [0.1, 0.15) is 11.8 Å². The molecule has 0 amide bonds. The van der Waals surface area contributed by atoms with Gasteiger partial charge >= 0.3 is 13.7 Å². The summed E-state index contributed by atoms with van der Waals surface area (Å²) in [6, 6.07) is 14.3. The van der Waals surface area contributed by atoms with Gasteiger partial charge in [-0.3, -0.25) is 4.79 Å². The van der Waals surface area contributed by atoms with Crippen molar-refractivity contribution < 1.29 is 45.1 Å². The third kappa shape index (κ3) is 10.9. The third-order valence-electron chi connectivity index (χ3n) is 7.12. The maximum absolute atomic E-state index is 14.6. The van der Waals surface area contributed by atoms with Crippen LogP contribution in [0.2, 0.25) is 0 Å². The Kier molecular flexibility index (Phi) is 14.3. The van der Waals surface area contributed by atoms with E-state index in [1.165, 1.54) is 24.3 Å². The second-order valence-electron chi connectivity index (χ2n) is 10.8. The molecule has 6 nitrogen and oxygen atoms in total. The molecule has 0 saturated heterocycles. The summed E-state index contributed by atoms with van der Waals surface area (Å²) in [5, 5.41) is 2.38. The molecule has 0 aliphatic rings. The van der Waals surface area contributed by atoms with E-state index in [1.54, 1.807) is 36.4 Å². The summed E-state index contributed by atoms with van der Waals surface area (Å²) in [6.07, 6.45) is 7.63. The Morgan fingerprint density at radius 2 is 1.24 bits per heavy atom. The first kappa shape index (κ1) is 36.0. The molecular formula is C33H39F5NO5P. The van der Waals surface area contributed by atoms with Crippen LogP contribution >= 0.6 is 7.75 Å². The Morgan fingerprint density at radius 1 is 0.733 bits per heavy atom. The molecule has 0 fully saturated rings. The number of ether oxygens (including phenoxy) is 1. The number of benzene rings is 3. The van der Waals surface area contributed by atoms with Crippen LogP contribution in [-0.4, -0.2) is 18.6 Å². The van der Waals surface area contributed by atoms with Gasteiger partial charge in [-0.15, -0.1) is 0 Å². The van der Waals surface area contributed by atoms with Crippen molar-refractivity contribution in [2.45, 2.75) is 77.7 Å². The zero-order valence-electron chi connectivity index (χ0n) is 25.4. The average molecular weight is 656 g/mol. The highest BCUT2D eigenvalue weighted by Gasteiger charge is 2.40. The van der Waals surface area contributed by atoms with Crippen molar-refractivity contribution in [2.75, 3.05) is 6.61 Å².